The van der Waals surface area contributed by atoms with Gasteiger partial charge in [0.2, 0.25) is 5.82 Å². The second kappa shape index (κ2) is 9.93. The Balaban J connectivity index is 1.51. The summed E-state index contributed by atoms with van der Waals surface area (Å²) >= 11 is 1.32. The van der Waals surface area contributed by atoms with E-state index >= 15 is 4.39 Å². The van der Waals surface area contributed by atoms with Crippen LogP contribution in [0.2, 0.25) is 0 Å². The van der Waals surface area contributed by atoms with E-state index in [1.54, 1.807) is 6.07 Å². The molecule has 2 aliphatic heterocycles. The van der Waals surface area contributed by atoms with E-state index in [0.717, 1.165) is 56.3 Å². The summed E-state index contributed by atoms with van der Waals surface area (Å²) in [6, 6.07) is 4.67. The number of aromatic nitrogens is 3. The molecule has 2 fully saturated rings. The quantitative estimate of drug-likeness (QED) is 0.380. The van der Waals surface area contributed by atoms with Crippen molar-refractivity contribution in [1.29, 1.82) is 0 Å². The molecule has 192 valence electrons. The average Bonchev–Trinajstić information content (AvgIpc) is 3.58. The number of aryl methyl sites for hydroxylation is 1. The van der Waals surface area contributed by atoms with Crippen LogP contribution in [-0.2, 0) is 12.7 Å². The van der Waals surface area contributed by atoms with Crippen molar-refractivity contribution in [3.63, 3.8) is 0 Å². The molecule has 2 aromatic heterocycles. The Labute approximate surface area is 211 Å². The van der Waals surface area contributed by atoms with E-state index in [9.17, 15) is 13.2 Å². The molecular weight excluding hydrogens is 492 g/mol. The summed E-state index contributed by atoms with van der Waals surface area (Å²) in [7, 11) is 0. The van der Waals surface area contributed by atoms with Crippen molar-refractivity contribution < 1.29 is 17.6 Å². The fourth-order valence-electron chi connectivity index (χ4n) is 4.92. The van der Waals surface area contributed by atoms with Gasteiger partial charge in [-0.05, 0) is 57.7 Å². The minimum Gasteiger partial charge on any atom is -0.354 e. The van der Waals surface area contributed by atoms with Crippen molar-refractivity contribution in [3.8, 4) is 11.3 Å². The fourth-order valence-corrected chi connectivity index (χ4v) is 5.93. The number of nitrogens with one attached hydrogen (secondary N) is 1. The molecule has 0 spiro atoms. The summed E-state index contributed by atoms with van der Waals surface area (Å²) in [6.07, 6.45) is 0.975. The van der Waals surface area contributed by atoms with Gasteiger partial charge in [0, 0.05) is 36.1 Å². The lowest BCUT2D eigenvalue weighted by Crippen LogP contribution is -2.25. The minimum absolute atomic E-state index is 0.00757. The molecule has 36 heavy (non-hydrogen) atoms. The van der Waals surface area contributed by atoms with E-state index in [-0.39, 0.29) is 17.2 Å². The highest BCUT2D eigenvalue weighted by Crippen LogP contribution is 2.39. The molecule has 3 aromatic rings. The smallest absolute Gasteiger partial charge is 0.354 e. The van der Waals surface area contributed by atoms with E-state index in [4.69, 9.17) is 0 Å². The summed E-state index contributed by atoms with van der Waals surface area (Å²) in [5.41, 5.74) is 0.341. The molecular formula is C25H28F4N6S. The Morgan fingerprint density at radius 2 is 1.89 bits per heavy atom. The van der Waals surface area contributed by atoms with Crippen LogP contribution in [0.3, 0.4) is 0 Å². The van der Waals surface area contributed by atoms with E-state index < -0.39 is 17.6 Å². The van der Waals surface area contributed by atoms with Crippen LogP contribution in [-0.4, -0.2) is 45.5 Å². The Kier molecular flexibility index (Phi) is 6.86. The zero-order chi connectivity index (χ0) is 25.4. The summed E-state index contributed by atoms with van der Waals surface area (Å²) in [6.45, 7) is 6.56. The number of hydrogen-bond donors (Lipinski definition) is 1. The zero-order valence-electron chi connectivity index (χ0n) is 20.2. The van der Waals surface area contributed by atoms with Gasteiger partial charge < -0.3 is 10.2 Å². The predicted molar refractivity (Wildman–Crippen MR) is 133 cm³/mol. The number of nitrogens with zero attached hydrogens (tertiary/aromatic N) is 5. The third kappa shape index (κ3) is 5.04. The van der Waals surface area contributed by atoms with Crippen molar-refractivity contribution in [2.45, 2.75) is 58.3 Å². The first kappa shape index (κ1) is 24.9. The summed E-state index contributed by atoms with van der Waals surface area (Å²) in [5, 5.41) is 3.35. The molecule has 1 N–H and O–H groups in total. The zero-order valence-corrected chi connectivity index (χ0v) is 21.0. The summed E-state index contributed by atoms with van der Waals surface area (Å²) in [5.74, 6) is -0.296. The lowest BCUT2D eigenvalue weighted by atomic mass is 10.0. The Hall–Kier alpha value is -2.79. The van der Waals surface area contributed by atoms with E-state index in [0.29, 0.717) is 29.0 Å². The van der Waals surface area contributed by atoms with E-state index in [1.165, 1.54) is 30.7 Å². The minimum atomic E-state index is -4.46. The van der Waals surface area contributed by atoms with Gasteiger partial charge in [-0.2, -0.15) is 17.6 Å². The summed E-state index contributed by atoms with van der Waals surface area (Å²) < 4.78 is 56.1. The van der Waals surface area contributed by atoms with Crippen molar-refractivity contribution in [2.75, 3.05) is 29.9 Å². The van der Waals surface area contributed by atoms with Gasteiger partial charge >= 0.3 is 6.18 Å². The largest absolute Gasteiger partial charge is 0.416 e. The van der Waals surface area contributed by atoms with Crippen LogP contribution in [0, 0.1) is 12.7 Å². The maximum Gasteiger partial charge on any atom is 0.416 e. The maximum absolute atomic E-state index is 15.3. The molecule has 5 rings (SSSR count). The van der Waals surface area contributed by atoms with Crippen LogP contribution in [0.5, 0.6) is 0 Å². The SMILES string of the molecule is Cc1ccc(-c2nc(Nc3ncnc(N4CCCC4)c3F)sc2CN2CCCC2C)cc1C(F)(F)F. The monoisotopic (exact) mass is 520 g/mol. The highest BCUT2D eigenvalue weighted by Gasteiger charge is 2.33. The van der Waals surface area contributed by atoms with Gasteiger partial charge in [-0.25, -0.2) is 15.0 Å². The van der Waals surface area contributed by atoms with Crippen LogP contribution < -0.4 is 10.2 Å². The standard InChI is InChI=1S/C25H28F4N6S/c1-15-7-8-17(12-18(15)25(27,28)29)21-19(13-35-11-5-6-16(35)2)36-24(32-21)33-22-20(26)23(31-14-30-22)34-9-3-4-10-34/h7-8,12,14,16H,3-6,9-11,13H2,1-2H3,(H,30,31,32,33). The molecule has 6 nitrogen and oxygen atoms in total. The van der Waals surface area contributed by atoms with Crippen LogP contribution in [0.15, 0.2) is 24.5 Å². The predicted octanol–water partition coefficient (Wildman–Crippen LogP) is 6.39. The number of alkyl halides is 3. The molecule has 0 radical (unpaired) electrons. The van der Waals surface area contributed by atoms with Crippen LogP contribution in [0.1, 0.15) is 48.6 Å². The first-order chi connectivity index (χ1) is 17.2. The van der Waals surface area contributed by atoms with Crippen LogP contribution >= 0.6 is 11.3 Å². The first-order valence-corrected chi connectivity index (χ1v) is 13.0. The Bertz CT molecular complexity index is 1240. The highest BCUT2D eigenvalue weighted by molar-refractivity contribution is 7.16. The van der Waals surface area contributed by atoms with Gasteiger partial charge in [0.05, 0.1) is 11.3 Å². The number of thiazole rings is 1. The molecule has 4 heterocycles. The topological polar surface area (TPSA) is 57.2 Å². The van der Waals surface area contributed by atoms with Crippen molar-refractivity contribution in [1.82, 2.24) is 19.9 Å². The molecule has 0 saturated carbocycles. The van der Waals surface area contributed by atoms with Crippen LogP contribution in [0.25, 0.3) is 11.3 Å². The van der Waals surface area contributed by atoms with Gasteiger partial charge in [0.1, 0.15) is 6.33 Å². The molecule has 0 bridgehead atoms. The Morgan fingerprint density at radius 3 is 2.58 bits per heavy atom. The van der Waals surface area contributed by atoms with Gasteiger partial charge in [0.15, 0.2) is 16.8 Å². The second-order valence-corrected chi connectivity index (χ2v) is 10.5. The number of rotatable bonds is 6. The van der Waals surface area contributed by atoms with Gasteiger partial charge in [0.25, 0.3) is 0 Å². The molecule has 11 heteroatoms. The number of likely N-dealkylation sites (tertiary alicyclic amines) is 1. The number of halogens is 4. The van der Waals surface area contributed by atoms with Crippen LogP contribution in [0.4, 0.5) is 34.3 Å². The molecule has 0 amide bonds. The average molecular weight is 521 g/mol. The van der Waals surface area contributed by atoms with E-state index in [2.05, 4.69) is 32.1 Å². The number of anilines is 3. The second-order valence-electron chi connectivity index (χ2n) is 9.46. The maximum atomic E-state index is 15.3. The summed E-state index contributed by atoms with van der Waals surface area (Å²) in [4.78, 5) is 17.9. The third-order valence-electron chi connectivity index (χ3n) is 6.95. The fraction of sp³-hybridized carbons (Fsp3) is 0.480. The van der Waals surface area contributed by atoms with Crippen molar-refractivity contribution in [3.05, 3.63) is 46.3 Å². The van der Waals surface area contributed by atoms with Gasteiger partial charge in [-0.1, -0.05) is 23.5 Å². The lowest BCUT2D eigenvalue weighted by molar-refractivity contribution is -0.138. The molecule has 0 aliphatic carbocycles. The normalized spacial score (nSPS) is 18.8. The van der Waals surface area contributed by atoms with E-state index in [1.807, 2.05) is 4.90 Å². The van der Waals surface area contributed by atoms with Crippen molar-refractivity contribution in [2.24, 2.45) is 0 Å². The number of benzene rings is 1. The Morgan fingerprint density at radius 1 is 1.11 bits per heavy atom. The van der Waals surface area contributed by atoms with Gasteiger partial charge in [-0.3, -0.25) is 4.90 Å². The first-order valence-electron chi connectivity index (χ1n) is 12.1. The highest BCUT2D eigenvalue weighted by atomic mass is 32.1. The molecule has 2 saturated heterocycles. The number of hydrogen-bond acceptors (Lipinski definition) is 7. The van der Waals surface area contributed by atoms with Gasteiger partial charge in [-0.15, -0.1) is 0 Å². The molecule has 1 aromatic carbocycles. The molecule has 2 aliphatic rings. The van der Waals surface area contributed by atoms with Crippen molar-refractivity contribution >= 4 is 28.1 Å². The lowest BCUT2D eigenvalue weighted by Gasteiger charge is -2.20. The molecule has 1 atom stereocenters. The molecule has 1 unspecified atom stereocenters. The third-order valence-corrected chi connectivity index (χ3v) is 7.91.